The first-order valence-corrected chi connectivity index (χ1v) is 9.96. The largest absolute Gasteiger partial charge is 0.496 e. The van der Waals surface area contributed by atoms with Crippen LogP contribution in [0.5, 0.6) is 5.75 Å². The van der Waals surface area contributed by atoms with Crippen LogP contribution in [0, 0.1) is 0 Å². The standard InChI is InChI=1S/C20H19ClN2O5S/c1-27-15-5-3-11(7-13(15)20(26)28-2)10-22-18(24)9-17-19(25)23-14-8-12(21)4-6-16(14)29-17/h3-8,17H,9-10H2,1-2H3,(H,22,24)(H,23,25). The Balaban J connectivity index is 1.61. The number of methoxy groups -OCH3 is 2. The third-order valence-corrected chi connectivity index (χ3v) is 5.80. The summed E-state index contributed by atoms with van der Waals surface area (Å²) < 4.78 is 9.90. The van der Waals surface area contributed by atoms with E-state index in [0.717, 1.165) is 4.90 Å². The van der Waals surface area contributed by atoms with E-state index in [1.165, 1.54) is 26.0 Å². The fourth-order valence-corrected chi connectivity index (χ4v) is 4.10. The van der Waals surface area contributed by atoms with Crippen molar-refractivity contribution < 1.29 is 23.9 Å². The van der Waals surface area contributed by atoms with Crippen LogP contribution in [0.3, 0.4) is 0 Å². The molecular weight excluding hydrogens is 416 g/mol. The second kappa shape index (κ2) is 9.19. The third-order valence-electron chi connectivity index (χ3n) is 4.29. The van der Waals surface area contributed by atoms with E-state index >= 15 is 0 Å². The number of benzene rings is 2. The van der Waals surface area contributed by atoms with Gasteiger partial charge in [-0.3, -0.25) is 9.59 Å². The zero-order chi connectivity index (χ0) is 21.0. The van der Waals surface area contributed by atoms with Gasteiger partial charge in [0.25, 0.3) is 0 Å². The Morgan fingerprint density at radius 3 is 2.72 bits per heavy atom. The summed E-state index contributed by atoms with van der Waals surface area (Å²) in [6, 6.07) is 10.2. The van der Waals surface area contributed by atoms with Crippen molar-refractivity contribution in [3.05, 3.63) is 52.5 Å². The van der Waals surface area contributed by atoms with Gasteiger partial charge in [0, 0.05) is 22.9 Å². The number of amides is 2. The lowest BCUT2D eigenvalue weighted by Gasteiger charge is -2.23. The second-order valence-corrected chi connectivity index (χ2v) is 7.92. The molecule has 0 saturated heterocycles. The molecule has 1 unspecified atom stereocenters. The van der Waals surface area contributed by atoms with E-state index in [4.69, 9.17) is 21.1 Å². The molecule has 0 aliphatic carbocycles. The Labute approximate surface area is 177 Å². The molecule has 29 heavy (non-hydrogen) atoms. The lowest BCUT2D eigenvalue weighted by Crippen LogP contribution is -2.34. The lowest BCUT2D eigenvalue weighted by molar-refractivity contribution is -0.124. The predicted octanol–water partition coefficient (Wildman–Crippen LogP) is 3.25. The summed E-state index contributed by atoms with van der Waals surface area (Å²) in [5, 5.41) is 5.55. The smallest absolute Gasteiger partial charge is 0.341 e. The number of carbonyl (C=O) groups is 3. The van der Waals surface area contributed by atoms with Crippen molar-refractivity contribution in [3.8, 4) is 5.75 Å². The normalized spacial score (nSPS) is 15.1. The van der Waals surface area contributed by atoms with Crippen LogP contribution in [0.4, 0.5) is 5.69 Å². The van der Waals surface area contributed by atoms with E-state index in [1.54, 1.807) is 30.3 Å². The summed E-state index contributed by atoms with van der Waals surface area (Å²) in [7, 11) is 2.75. The molecule has 0 aromatic heterocycles. The Bertz CT molecular complexity index is 966. The van der Waals surface area contributed by atoms with E-state index in [-0.39, 0.29) is 30.3 Å². The second-order valence-electron chi connectivity index (χ2n) is 6.24. The number of ether oxygens (including phenoxy) is 2. The molecule has 1 atom stereocenters. The first kappa shape index (κ1) is 21.0. The van der Waals surface area contributed by atoms with Gasteiger partial charge in [0.1, 0.15) is 11.3 Å². The van der Waals surface area contributed by atoms with Gasteiger partial charge in [-0.05, 0) is 35.9 Å². The minimum Gasteiger partial charge on any atom is -0.496 e. The number of nitrogens with one attached hydrogen (secondary N) is 2. The highest BCUT2D eigenvalue weighted by atomic mass is 35.5. The molecule has 0 spiro atoms. The lowest BCUT2D eigenvalue weighted by atomic mass is 10.1. The zero-order valence-electron chi connectivity index (χ0n) is 15.8. The van der Waals surface area contributed by atoms with E-state index in [9.17, 15) is 14.4 Å². The third kappa shape index (κ3) is 5.02. The quantitative estimate of drug-likeness (QED) is 0.678. The van der Waals surface area contributed by atoms with Crippen LogP contribution in [-0.2, 0) is 20.9 Å². The van der Waals surface area contributed by atoms with Gasteiger partial charge in [0.15, 0.2) is 0 Å². The van der Waals surface area contributed by atoms with Crippen LogP contribution in [0.25, 0.3) is 0 Å². The van der Waals surface area contributed by atoms with E-state index in [0.29, 0.717) is 22.0 Å². The number of hydrogen-bond donors (Lipinski definition) is 2. The molecule has 0 radical (unpaired) electrons. The molecule has 2 aromatic rings. The average Bonchev–Trinajstić information content (AvgIpc) is 2.72. The highest BCUT2D eigenvalue weighted by Crippen LogP contribution is 2.38. The molecule has 152 valence electrons. The van der Waals surface area contributed by atoms with Gasteiger partial charge in [0.2, 0.25) is 11.8 Å². The van der Waals surface area contributed by atoms with Gasteiger partial charge < -0.3 is 20.1 Å². The topological polar surface area (TPSA) is 93.7 Å². The molecule has 7 nitrogen and oxygen atoms in total. The minimum atomic E-state index is -0.537. The Morgan fingerprint density at radius 1 is 1.21 bits per heavy atom. The van der Waals surface area contributed by atoms with Gasteiger partial charge in [0.05, 0.1) is 25.2 Å². The number of rotatable bonds is 6. The van der Waals surface area contributed by atoms with Crippen molar-refractivity contribution in [1.82, 2.24) is 5.32 Å². The maximum Gasteiger partial charge on any atom is 0.341 e. The van der Waals surface area contributed by atoms with Gasteiger partial charge in [-0.25, -0.2) is 4.79 Å². The van der Waals surface area contributed by atoms with Crippen molar-refractivity contribution in [2.24, 2.45) is 0 Å². The van der Waals surface area contributed by atoms with E-state index in [2.05, 4.69) is 10.6 Å². The molecule has 3 rings (SSSR count). The maximum atomic E-state index is 12.4. The highest BCUT2D eigenvalue weighted by molar-refractivity contribution is 8.01. The first-order valence-electron chi connectivity index (χ1n) is 8.70. The van der Waals surface area contributed by atoms with Crippen molar-refractivity contribution in [3.63, 3.8) is 0 Å². The summed E-state index contributed by atoms with van der Waals surface area (Å²) in [6.45, 7) is 0.206. The molecule has 2 N–H and O–H groups in total. The summed E-state index contributed by atoms with van der Waals surface area (Å²) in [6.07, 6.45) is 0.0264. The number of esters is 1. The van der Waals surface area contributed by atoms with Crippen molar-refractivity contribution in [2.75, 3.05) is 19.5 Å². The van der Waals surface area contributed by atoms with Crippen LogP contribution in [0.2, 0.25) is 5.02 Å². The molecule has 0 saturated carbocycles. The maximum absolute atomic E-state index is 12.4. The van der Waals surface area contributed by atoms with Crippen LogP contribution in [0.1, 0.15) is 22.3 Å². The van der Waals surface area contributed by atoms with Crippen molar-refractivity contribution in [1.29, 1.82) is 0 Å². The summed E-state index contributed by atoms with van der Waals surface area (Å²) >= 11 is 7.27. The average molecular weight is 435 g/mol. The molecule has 0 fully saturated rings. The van der Waals surface area contributed by atoms with Crippen LogP contribution < -0.4 is 15.4 Å². The summed E-state index contributed by atoms with van der Waals surface area (Å²) in [5.41, 5.74) is 1.64. The Morgan fingerprint density at radius 2 is 2.00 bits per heavy atom. The van der Waals surface area contributed by atoms with Crippen LogP contribution in [-0.4, -0.2) is 37.3 Å². The Hall–Kier alpha value is -2.71. The number of thioether (sulfide) groups is 1. The number of halogens is 1. The molecule has 2 aromatic carbocycles. The monoisotopic (exact) mass is 434 g/mol. The summed E-state index contributed by atoms with van der Waals surface area (Å²) in [4.78, 5) is 37.4. The number of carbonyl (C=O) groups excluding carboxylic acids is 3. The fraction of sp³-hybridized carbons (Fsp3) is 0.250. The van der Waals surface area contributed by atoms with Gasteiger partial charge in [-0.2, -0.15) is 0 Å². The molecule has 9 heteroatoms. The van der Waals surface area contributed by atoms with Gasteiger partial charge >= 0.3 is 5.97 Å². The number of anilines is 1. The van der Waals surface area contributed by atoms with Crippen LogP contribution >= 0.6 is 23.4 Å². The Kier molecular flexibility index (Phi) is 6.66. The molecule has 1 aliphatic heterocycles. The van der Waals surface area contributed by atoms with Crippen LogP contribution in [0.15, 0.2) is 41.3 Å². The van der Waals surface area contributed by atoms with Gasteiger partial charge in [-0.1, -0.05) is 17.7 Å². The number of hydrogen-bond acceptors (Lipinski definition) is 6. The summed E-state index contributed by atoms with van der Waals surface area (Å²) in [5.74, 6) is -0.645. The number of fused-ring (bicyclic) bond motifs is 1. The predicted molar refractivity (Wildman–Crippen MR) is 111 cm³/mol. The van der Waals surface area contributed by atoms with E-state index < -0.39 is 11.2 Å². The van der Waals surface area contributed by atoms with E-state index in [1.807, 2.05) is 6.07 Å². The van der Waals surface area contributed by atoms with Crippen molar-refractivity contribution in [2.45, 2.75) is 23.1 Å². The fourth-order valence-electron chi connectivity index (χ4n) is 2.83. The molecule has 1 heterocycles. The van der Waals surface area contributed by atoms with Crippen molar-refractivity contribution >= 4 is 46.8 Å². The molecular formula is C20H19ClN2O5S. The highest BCUT2D eigenvalue weighted by Gasteiger charge is 2.29. The SMILES string of the molecule is COC(=O)c1cc(CNC(=O)CC2Sc3ccc(Cl)cc3NC2=O)ccc1OC. The zero-order valence-corrected chi connectivity index (χ0v) is 17.4. The minimum absolute atomic E-state index is 0.0264. The molecule has 2 amide bonds. The molecule has 0 bridgehead atoms. The first-order chi connectivity index (χ1) is 13.9. The molecule has 1 aliphatic rings. The van der Waals surface area contributed by atoms with Gasteiger partial charge in [-0.15, -0.1) is 11.8 Å².